The Hall–Kier alpha value is -0.520. The molecule has 86 valence electrons. The van der Waals surface area contributed by atoms with Crippen LogP contribution in [0.4, 0.5) is 0 Å². The molecule has 0 amide bonds. The minimum absolute atomic E-state index is 0.185. The van der Waals surface area contributed by atoms with Gasteiger partial charge >= 0.3 is 5.97 Å². The maximum absolute atomic E-state index is 10.8. The Morgan fingerprint density at radius 1 is 1.50 bits per heavy atom. The van der Waals surface area contributed by atoms with Gasteiger partial charge in [-0.25, -0.2) is 0 Å². The standard InChI is InChI=1S/C11H12BrNO2S/c12-8-3-1-2-4-9(8)16-11(5-10(14)15)6-13-7-11/h1-4,13H,5-7H2,(H,14,15). The van der Waals surface area contributed by atoms with E-state index in [-0.39, 0.29) is 11.2 Å². The number of carboxylic acid groups (broad SMARTS) is 1. The summed E-state index contributed by atoms with van der Waals surface area (Å²) in [5.74, 6) is -0.735. The Labute approximate surface area is 107 Å². The summed E-state index contributed by atoms with van der Waals surface area (Å²) in [6.45, 7) is 1.51. The van der Waals surface area contributed by atoms with Crippen molar-refractivity contribution in [2.75, 3.05) is 13.1 Å². The average Bonchev–Trinajstić information content (AvgIpc) is 2.17. The van der Waals surface area contributed by atoms with Crippen LogP contribution in [0.15, 0.2) is 33.6 Å². The fraction of sp³-hybridized carbons (Fsp3) is 0.364. The summed E-state index contributed by atoms with van der Waals surface area (Å²) in [7, 11) is 0. The van der Waals surface area contributed by atoms with Gasteiger partial charge in [0.05, 0.1) is 11.2 Å². The Bertz CT molecular complexity index is 407. The fourth-order valence-corrected chi connectivity index (χ4v) is 3.52. The molecule has 0 atom stereocenters. The van der Waals surface area contributed by atoms with E-state index in [0.29, 0.717) is 0 Å². The molecular weight excluding hydrogens is 290 g/mol. The lowest BCUT2D eigenvalue weighted by atomic mass is 9.98. The number of hydrogen-bond donors (Lipinski definition) is 2. The van der Waals surface area contributed by atoms with E-state index in [1.807, 2.05) is 24.3 Å². The zero-order valence-corrected chi connectivity index (χ0v) is 11.0. The van der Waals surface area contributed by atoms with E-state index in [1.165, 1.54) is 0 Å². The van der Waals surface area contributed by atoms with Gasteiger partial charge in [-0.1, -0.05) is 12.1 Å². The van der Waals surface area contributed by atoms with Crippen LogP contribution in [0.2, 0.25) is 0 Å². The number of hydrogen-bond acceptors (Lipinski definition) is 3. The highest BCUT2D eigenvalue weighted by atomic mass is 79.9. The molecule has 1 aliphatic rings. The number of rotatable bonds is 4. The lowest BCUT2D eigenvalue weighted by Crippen LogP contribution is -2.57. The number of carbonyl (C=O) groups is 1. The van der Waals surface area contributed by atoms with Crippen molar-refractivity contribution >= 4 is 33.7 Å². The summed E-state index contributed by atoms with van der Waals surface area (Å²) in [5.41, 5.74) is 0. The van der Waals surface area contributed by atoms with Crippen LogP contribution in [0, 0.1) is 0 Å². The quantitative estimate of drug-likeness (QED) is 0.896. The van der Waals surface area contributed by atoms with E-state index in [4.69, 9.17) is 5.11 Å². The largest absolute Gasteiger partial charge is 0.481 e. The number of carboxylic acids is 1. The van der Waals surface area contributed by atoms with Gasteiger partial charge in [-0.05, 0) is 28.1 Å². The van der Waals surface area contributed by atoms with E-state index in [0.717, 1.165) is 22.5 Å². The van der Waals surface area contributed by atoms with Gasteiger partial charge in [0.15, 0.2) is 0 Å². The zero-order valence-electron chi connectivity index (χ0n) is 8.57. The lowest BCUT2D eigenvalue weighted by molar-refractivity contribution is -0.138. The van der Waals surface area contributed by atoms with Crippen LogP contribution >= 0.6 is 27.7 Å². The summed E-state index contributed by atoms with van der Waals surface area (Å²) < 4.78 is 0.840. The van der Waals surface area contributed by atoms with Crippen LogP contribution < -0.4 is 5.32 Å². The van der Waals surface area contributed by atoms with Crippen molar-refractivity contribution in [1.29, 1.82) is 0 Å². The number of halogens is 1. The molecule has 1 fully saturated rings. The molecular formula is C11H12BrNO2S. The third kappa shape index (κ3) is 2.59. The normalized spacial score (nSPS) is 17.8. The van der Waals surface area contributed by atoms with Gasteiger partial charge in [-0.15, -0.1) is 11.8 Å². The van der Waals surface area contributed by atoms with Gasteiger partial charge in [0.1, 0.15) is 0 Å². The Balaban J connectivity index is 2.13. The number of thioether (sulfide) groups is 1. The van der Waals surface area contributed by atoms with Gasteiger partial charge in [-0.2, -0.15) is 0 Å². The molecule has 0 aliphatic carbocycles. The van der Waals surface area contributed by atoms with Crippen LogP contribution in [-0.2, 0) is 4.79 Å². The van der Waals surface area contributed by atoms with Crippen LogP contribution in [0.5, 0.6) is 0 Å². The maximum Gasteiger partial charge on any atom is 0.304 e. The minimum atomic E-state index is -0.735. The lowest BCUT2D eigenvalue weighted by Gasteiger charge is -2.41. The van der Waals surface area contributed by atoms with Crippen molar-refractivity contribution in [1.82, 2.24) is 5.32 Å². The summed E-state index contributed by atoms with van der Waals surface area (Å²) in [6.07, 6.45) is 0.200. The van der Waals surface area contributed by atoms with Crippen molar-refractivity contribution in [3.8, 4) is 0 Å². The summed E-state index contributed by atoms with van der Waals surface area (Å²) >= 11 is 5.12. The Morgan fingerprint density at radius 3 is 2.69 bits per heavy atom. The Morgan fingerprint density at radius 2 is 2.19 bits per heavy atom. The second kappa shape index (κ2) is 4.77. The zero-order chi connectivity index (χ0) is 11.6. The van der Waals surface area contributed by atoms with Crippen LogP contribution in [0.3, 0.4) is 0 Å². The Kier molecular flexibility index (Phi) is 3.56. The molecule has 1 saturated heterocycles. The first-order chi connectivity index (χ1) is 7.61. The SMILES string of the molecule is O=C(O)CC1(Sc2ccccc2Br)CNC1. The second-order valence-electron chi connectivity index (χ2n) is 3.89. The first-order valence-corrected chi connectivity index (χ1v) is 6.58. The van der Waals surface area contributed by atoms with E-state index in [9.17, 15) is 4.79 Å². The second-order valence-corrected chi connectivity index (χ2v) is 6.25. The molecule has 0 radical (unpaired) electrons. The molecule has 2 N–H and O–H groups in total. The minimum Gasteiger partial charge on any atom is -0.481 e. The highest BCUT2D eigenvalue weighted by Crippen LogP contribution is 2.41. The summed E-state index contributed by atoms with van der Waals surface area (Å²) in [4.78, 5) is 11.9. The van der Waals surface area contributed by atoms with E-state index in [2.05, 4.69) is 21.2 Å². The predicted octanol–water partition coefficient (Wildman–Crippen LogP) is 2.36. The molecule has 2 rings (SSSR count). The summed E-state index contributed by atoms with van der Waals surface area (Å²) in [6, 6.07) is 7.91. The first-order valence-electron chi connectivity index (χ1n) is 4.97. The summed E-state index contributed by atoms with van der Waals surface area (Å²) in [5, 5.41) is 12.1. The first kappa shape index (κ1) is 12.0. The molecule has 1 aromatic rings. The molecule has 0 saturated carbocycles. The fourth-order valence-electron chi connectivity index (χ4n) is 1.67. The molecule has 0 spiro atoms. The third-order valence-electron chi connectivity index (χ3n) is 2.53. The molecule has 0 unspecified atom stereocenters. The third-order valence-corrected chi connectivity index (χ3v) is 4.93. The van der Waals surface area contributed by atoms with Crippen molar-refractivity contribution in [2.45, 2.75) is 16.1 Å². The molecule has 1 heterocycles. The highest BCUT2D eigenvalue weighted by molar-refractivity contribution is 9.10. The molecule has 3 nitrogen and oxygen atoms in total. The van der Waals surface area contributed by atoms with E-state index in [1.54, 1.807) is 11.8 Å². The molecule has 0 aromatic heterocycles. The van der Waals surface area contributed by atoms with Crippen molar-refractivity contribution in [3.05, 3.63) is 28.7 Å². The smallest absolute Gasteiger partial charge is 0.304 e. The van der Waals surface area contributed by atoms with E-state index >= 15 is 0 Å². The number of aliphatic carboxylic acids is 1. The maximum atomic E-state index is 10.8. The molecule has 16 heavy (non-hydrogen) atoms. The monoisotopic (exact) mass is 301 g/mol. The van der Waals surface area contributed by atoms with Gasteiger partial charge in [0, 0.05) is 22.5 Å². The molecule has 1 aliphatic heterocycles. The van der Waals surface area contributed by atoms with Gasteiger partial charge < -0.3 is 10.4 Å². The topological polar surface area (TPSA) is 49.3 Å². The van der Waals surface area contributed by atoms with Gasteiger partial charge in [0.25, 0.3) is 0 Å². The number of benzene rings is 1. The molecule has 5 heteroatoms. The van der Waals surface area contributed by atoms with Gasteiger partial charge in [-0.3, -0.25) is 4.79 Å². The van der Waals surface area contributed by atoms with Crippen LogP contribution in [0.1, 0.15) is 6.42 Å². The van der Waals surface area contributed by atoms with E-state index < -0.39 is 5.97 Å². The van der Waals surface area contributed by atoms with Crippen LogP contribution in [-0.4, -0.2) is 28.9 Å². The van der Waals surface area contributed by atoms with Crippen molar-refractivity contribution in [2.24, 2.45) is 0 Å². The highest BCUT2D eigenvalue weighted by Gasteiger charge is 2.40. The van der Waals surface area contributed by atoms with Crippen LogP contribution in [0.25, 0.3) is 0 Å². The van der Waals surface area contributed by atoms with Gasteiger partial charge in [0.2, 0.25) is 0 Å². The average molecular weight is 302 g/mol. The van der Waals surface area contributed by atoms with Crippen molar-refractivity contribution in [3.63, 3.8) is 0 Å². The molecule has 1 aromatic carbocycles. The predicted molar refractivity (Wildman–Crippen MR) is 67.9 cm³/mol. The van der Waals surface area contributed by atoms with Crippen molar-refractivity contribution < 1.29 is 9.90 Å². The molecule has 0 bridgehead atoms. The number of nitrogens with one attached hydrogen (secondary N) is 1.